The van der Waals surface area contributed by atoms with Crippen LogP contribution < -0.4 is 21.3 Å². The summed E-state index contributed by atoms with van der Waals surface area (Å²) in [4.78, 5) is 38.9. The predicted molar refractivity (Wildman–Crippen MR) is 119 cm³/mol. The van der Waals surface area contributed by atoms with Crippen LogP contribution in [-0.4, -0.2) is 44.9 Å². The summed E-state index contributed by atoms with van der Waals surface area (Å²) < 4.78 is 12.8. The van der Waals surface area contributed by atoms with Crippen molar-refractivity contribution < 1.29 is 19.4 Å². The Bertz CT molecular complexity index is 1110. The standard InChI is InChI=1S/C21H25Cl2N3O6/c1-4-11-10-26(20(30)25-18(11)28)17-8-14(27)16(31-17)9-24-19(29)21(2,3)32-15-6-5-12(22)7-13(15)23/h5-7,10,14,16-17,27H,4,8-9H2,1-3H3,(H,24,29)(H,25,28,30)/t14-,16+,17+/m0/s1. The summed E-state index contributed by atoms with van der Waals surface area (Å²) in [6.45, 7) is 4.95. The second-order valence-corrected chi connectivity index (χ2v) is 8.85. The summed E-state index contributed by atoms with van der Waals surface area (Å²) in [5.74, 6) is -0.144. The highest BCUT2D eigenvalue weighted by Crippen LogP contribution is 2.31. The molecule has 2 aromatic rings. The maximum absolute atomic E-state index is 12.7. The lowest BCUT2D eigenvalue weighted by Crippen LogP contribution is -2.49. The first-order valence-corrected chi connectivity index (χ1v) is 10.9. The molecule has 1 aromatic heterocycles. The number of carbonyl (C=O) groups is 1. The molecule has 0 saturated carbocycles. The van der Waals surface area contributed by atoms with Gasteiger partial charge >= 0.3 is 5.69 Å². The van der Waals surface area contributed by atoms with E-state index in [1.807, 2.05) is 0 Å². The maximum atomic E-state index is 12.7. The molecule has 9 nitrogen and oxygen atoms in total. The Balaban J connectivity index is 1.64. The fourth-order valence-corrected chi connectivity index (χ4v) is 3.79. The van der Waals surface area contributed by atoms with Gasteiger partial charge in [0, 0.05) is 29.7 Å². The molecule has 0 radical (unpaired) electrons. The molecule has 1 aliphatic rings. The van der Waals surface area contributed by atoms with Crippen LogP contribution in [0.2, 0.25) is 10.0 Å². The van der Waals surface area contributed by atoms with Gasteiger partial charge in [0.15, 0.2) is 5.60 Å². The molecular formula is C21H25Cl2N3O6. The number of nitrogens with one attached hydrogen (secondary N) is 2. The van der Waals surface area contributed by atoms with Crippen LogP contribution in [0.3, 0.4) is 0 Å². The Morgan fingerprint density at radius 1 is 1.38 bits per heavy atom. The van der Waals surface area contributed by atoms with Crippen molar-refractivity contribution in [3.8, 4) is 5.75 Å². The van der Waals surface area contributed by atoms with Crippen LogP contribution in [0.4, 0.5) is 0 Å². The van der Waals surface area contributed by atoms with E-state index >= 15 is 0 Å². The molecule has 1 saturated heterocycles. The number of carbonyl (C=O) groups excluding carboxylic acids is 1. The van der Waals surface area contributed by atoms with Crippen LogP contribution in [0.1, 0.15) is 39.0 Å². The molecule has 2 heterocycles. The molecule has 3 N–H and O–H groups in total. The molecule has 1 aliphatic heterocycles. The highest BCUT2D eigenvalue weighted by atomic mass is 35.5. The SMILES string of the molecule is CCc1cn([C@H]2C[C@H](O)[C@@H](CNC(=O)C(C)(C)Oc3ccc(Cl)cc3Cl)O2)c(=O)[nH]c1=O. The van der Waals surface area contributed by atoms with Gasteiger partial charge in [-0.2, -0.15) is 0 Å². The minimum Gasteiger partial charge on any atom is -0.476 e. The van der Waals surface area contributed by atoms with Crippen molar-refractivity contribution >= 4 is 29.1 Å². The van der Waals surface area contributed by atoms with E-state index in [1.54, 1.807) is 32.9 Å². The van der Waals surface area contributed by atoms with Crippen LogP contribution in [0, 0.1) is 0 Å². The summed E-state index contributed by atoms with van der Waals surface area (Å²) in [5, 5.41) is 13.8. The van der Waals surface area contributed by atoms with Crippen LogP contribution >= 0.6 is 23.2 Å². The van der Waals surface area contributed by atoms with Crippen molar-refractivity contribution in [2.24, 2.45) is 0 Å². The maximum Gasteiger partial charge on any atom is 0.330 e. The quantitative estimate of drug-likeness (QED) is 0.551. The third kappa shape index (κ3) is 5.35. The summed E-state index contributed by atoms with van der Waals surface area (Å²) >= 11 is 12.0. The molecule has 3 atom stereocenters. The molecule has 3 rings (SSSR count). The topological polar surface area (TPSA) is 123 Å². The first-order chi connectivity index (χ1) is 15.0. The van der Waals surface area contributed by atoms with E-state index in [4.69, 9.17) is 32.7 Å². The van der Waals surface area contributed by atoms with Gasteiger partial charge in [-0.1, -0.05) is 30.1 Å². The molecule has 32 heavy (non-hydrogen) atoms. The van der Waals surface area contributed by atoms with Gasteiger partial charge in [0.05, 0.1) is 11.1 Å². The van der Waals surface area contributed by atoms with Crippen LogP contribution in [-0.2, 0) is 16.0 Å². The Labute approximate surface area is 194 Å². The van der Waals surface area contributed by atoms with Crippen molar-refractivity contribution in [2.75, 3.05) is 6.54 Å². The first kappa shape index (κ1) is 24.3. The molecule has 0 bridgehead atoms. The minimum atomic E-state index is -1.27. The molecule has 1 fully saturated rings. The average Bonchev–Trinajstić information content (AvgIpc) is 3.08. The van der Waals surface area contributed by atoms with Crippen molar-refractivity contribution in [2.45, 2.75) is 57.6 Å². The van der Waals surface area contributed by atoms with Crippen LogP contribution in [0.25, 0.3) is 0 Å². The molecular weight excluding hydrogens is 461 g/mol. The summed E-state index contributed by atoms with van der Waals surface area (Å²) in [6, 6.07) is 4.68. The largest absolute Gasteiger partial charge is 0.476 e. The second kappa shape index (κ2) is 9.66. The van der Waals surface area contributed by atoms with Gasteiger partial charge in [-0.05, 0) is 38.5 Å². The highest BCUT2D eigenvalue weighted by Gasteiger charge is 2.37. The Morgan fingerprint density at radius 3 is 2.75 bits per heavy atom. The lowest BCUT2D eigenvalue weighted by atomic mass is 10.1. The molecule has 0 spiro atoms. The minimum absolute atomic E-state index is 0.00359. The van der Waals surface area contributed by atoms with Gasteiger partial charge in [0.2, 0.25) is 0 Å². The Morgan fingerprint density at radius 2 is 2.09 bits per heavy atom. The monoisotopic (exact) mass is 485 g/mol. The van der Waals surface area contributed by atoms with Gasteiger partial charge in [-0.3, -0.25) is 19.1 Å². The number of aromatic nitrogens is 2. The Hall–Kier alpha value is -2.33. The van der Waals surface area contributed by atoms with E-state index < -0.39 is 41.2 Å². The van der Waals surface area contributed by atoms with Crippen molar-refractivity contribution in [1.82, 2.24) is 14.9 Å². The van der Waals surface area contributed by atoms with Gasteiger partial charge in [0.25, 0.3) is 11.5 Å². The zero-order valence-electron chi connectivity index (χ0n) is 17.9. The number of hydrogen-bond donors (Lipinski definition) is 3. The number of halogens is 2. The number of aliphatic hydroxyl groups is 1. The van der Waals surface area contributed by atoms with Gasteiger partial charge < -0.3 is 19.9 Å². The smallest absolute Gasteiger partial charge is 0.330 e. The number of ether oxygens (including phenoxy) is 2. The average molecular weight is 486 g/mol. The van der Waals surface area contributed by atoms with Crippen molar-refractivity contribution in [3.05, 3.63) is 60.8 Å². The number of H-pyrrole nitrogens is 1. The molecule has 0 aliphatic carbocycles. The summed E-state index contributed by atoms with van der Waals surface area (Å²) in [7, 11) is 0. The third-order valence-electron chi connectivity index (χ3n) is 5.21. The van der Waals surface area contributed by atoms with Crippen LogP contribution in [0.15, 0.2) is 34.0 Å². The normalized spacial score (nSPS) is 20.9. The van der Waals surface area contributed by atoms with E-state index in [0.717, 1.165) is 0 Å². The third-order valence-corrected chi connectivity index (χ3v) is 5.74. The number of hydrogen-bond acceptors (Lipinski definition) is 6. The van der Waals surface area contributed by atoms with E-state index in [1.165, 1.54) is 16.8 Å². The van der Waals surface area contributed by atoms with Gasteiger partial charge in [0.1, 0.15) is 18.1 Å². The number of amides is 1. The zero-order chi connectivity index (χ0) is 23.6. The van der Waals surface area contributed by atoms with E-state index in [2.05, 4.69) is 10.3 Å². The molecule has 1 aromatic carbocycles. The summed E-state index contributed by atoms with van der Waals surface area (Å²) in [6.07, 6.45) is -0.417. The van der Waals surface area contributed by atoms with Crippen LogP contribution in [0.5, 0.6) is 5.75 Å². The van der Waals surface area contributed by atoms with E-state index in [-0.39, 0.29) is 18.0 Å². The Kier molecular flexibility index (Phi) is 7.34. The lowest BCUT2D eigenvalue weighted by molar-refractivity contribution is -0.135. The van der Waals surface area contributed by atoms with Crippen molar-refractivity contribution in [1.29, 1.82) is 0 Å². The lowest BCUT2D eigenvalue weighted by Gasteiger charge is -2.27. The number of benzene rings is 1. The second-order valence-electron chi connectivity index (χ2n) is 8.00. The zero-order valence-corrected chi connectivity index (χ0v) is 19.4. The molecule has 11 heteroatoms. The molecule has 0 unspecified atom stereocenters. The number of nitrogens with zero attached hydrogens (tertiary/aromatic N) is 1. The predicted octanol–water partition coefficient (Wildman–Crippen LogP) is 2.03. The van der Waals surface area contributed by atoms with E-state index in [0.29, 0.717) is 22.8 Å². The molecule has 1 amide bonds. The van der Waals surface area contributed by atoms with Gasteiger partial charge in [-0.15, -0.1) is 0 Å². The van der Waals surface area contributed by atoms with E-state index in [9.17, 15) is 19.5 Å². The highest BCUT2D eigenvalue weighted by molar-refractivity contribution is 6.35. The van der Waals surface area contributed by atoms with Crippen molar-refractivity contribution in [3.63, 3.8) is 0 Å². The number of aliphatic hydroxyl groups excluding tert-OH is 1. The fourth-order valence-electron chi connectivity index (χ4n) is 3.35. The number of aryl methyl sites for hydroxylation is 1. The number of aromatic amines is 1. The number of rotatable bonds is 7. The van der Waals surface area contributed by atoms with Gasteiger partial charge in [-0.25, -0.2) is 4.79 Å². The molecule has 174 valence electrons. The first-order valence-electron chi connectivity index (χ1n) is 10.1. The summed E-state index contributed by atoms with van der Waals surface area (Å²) in [5.41, 5.74) is -1.91. The fraction of sp³-hybridized carbons (Fsp3) is 0.476.